The number of benzene rings is 1. The molecule has 0 saturated heterocycles. The summed E-state index contributed by atoms with van der Waals surface area (Å²) in [5.41, 5.74) is 1.11. The van der Waals surface area contributed by atoms with Crippen molar-refractivity contribution in [3.8, 4) is 0 Å². The van der Waals surface area contributed by atoms with Crippen LogP contribution >= 0.6 is 0 Å². The minimum atomic E-state index is -0.381. The molecule has 3 rings (SSSR count). The third-order valence-electron chi connectivity index (χ3n) is 4.02. The predicted molar refractivity (Wildman–Crippen MR) is 88.5 cm³/mol. The van der Waals surface area contributed by atoms with Gasteiger partial charge in [0.15, 0.2) is 11.2 Å². The molecule has 0 fully saturated rings. The van der Waals surface area contributed by atoms with Gasteiger partial charge in [-0.05, 0) is 19.7 Å². The minimum absolute atomic E-state index is 0.189. The van der Waals surface area contributed by atoms with Crippen LogP contribution in [0.2, 0.25) is 0 Å². The van der Waals surface area contributed by atoms with Crippen molar-refractivity contribution in [2.75, 3.05) is 14.1 Å². The SMILES string of the molecule is CN(C)C(c1ccccc1)n1cnc2c1c(=O)n(C)c(=O)n2C. The largest absolute Gasteiger partial charge is 0.332 e. The van der Waals surface area contributed by atoms with Crippen LogP contribution < -0.4 is 11.2 Å². The average Bonchev–Trinajstić information content (AvgIpc) is 2.96. The molecule has 1 unspecified atom stereocenters. The van der Waals surface area contributed by atoms with E-state index in [0.29, 0.717) is 11.2 Å². The Morgan fingerprint density at radius 1 is 1.04 bits per heavy atom. The van der Waals surface area contributed by atoms with E-state index in [1.54, 1.807) is 13.4 Å². The topological polar surface area (TPSA) is 65.1 Å². The van der Waals surface area contributed by atoms with Gasteiger partial charge in [-0.25, -0.2) is 9.78 Å². The van der Waals surface area contributed by atoms with Crippen molar-refractivity contribution >= 4 is 11.2 Å². The van der Waals surface area contributed by atoms with Crippen LogP contribution in [-0.2, 0) is 14.1 Å². The summed E-state index contributed by atoms with van der Waals surface area (Å²) in [7, 11) is 6.98. The van der Waals surface area contributed by atoms with Crippen LogP contribution in [0.3, 0.4) is 0 Å². The maximum Gasteiger partial charge on any atom is 0.332 e. The van der Waals surface area contributed by atoms with Gasteiger partial charge in [-0.3, -0.25) is 18.8 Å². The summed E-state index contributed by atoms with van der Waals surface area (Å²) in [6, 6.07) is 9.87. The molecule has 0 aliphatic rings. The Labute approximate surface area is 133 Å². The van der Waals surface area contributed by atoms with Crippen molar-refractivity contribution in [2.45, 2.75) is 6.17 Å². The number of aryl methyl sites for hydroxylation is 1. The zero-order valence-electron chi connectivity index (χ0n) is 13.6. The highest BCUT2D eigenvalue weighted by Gasteiger charge is 2.22. The Hall–Kier alpha value is -2.67. The lowest BCUT2D eigenvalue weighted by molar-refractivity contribution is 0.265. The molecule has 2 heterocycles. The van der Waals surface area contributed by atoms with E-state index in [-0.39, 0.29) is 17.4 Å². The van der Waals surface area contributed by atoms with E-state index in [0.717, 1.165) is 10.1 Å². The van der Waals surface area contributed by atoms with Gasteiger partial charge in [-0.15, -0.1) is 0 Å². The highest BCUT2D eigenvalue weighted by atomic mass is 16.2. The van der Waals surface area contributed by atoms with Crippen LogP contribution in [0.4, 0.5) is 0 Å². The first kappa shape index (κ1) is 15.2. The monoisotopic (exact) mass is 313 g/mol. The maximum atomic E-state index is 12.6. The summed E-state index contributed by atoms with van der Waals surface area (Å²) in [4.78, 5) is 31.0. The lowest BCUT2D eigenvalue weighted by Gasteiger charge is -2.26. The molecule has 23 heavy (non-hydrogen) atoms. The van der Waals surface area contributed by atoms with Gasteiger partial charge in [0.25, 0.3) is 5.56 Å². The van der Waals surface area contributed by atoms with E-state index < -0.39 is 0 Å². The molecule has 0 N–H and O–H groups in total. The summed E-state index contributed by atoms with van der Waals surface area (Å²) in [5.74, 6) is 0. The highest BCUT2D eigenvalue weighted by Crippen LogP contribution is 2.23. The van der Waals surface area contributed by atoms with Crippen LogP contribution in [0.15, 0.2) is 46.2 Å². The number of fused-ring (bicyclic) bond motifs is 1. The van der Waals surface area contributed by atoms with Crippen LogP contribution in [0, 0.1) is 0 Å². The Balaban J connectivity index is 2.36. The quantitative estimate of drug-likeness (QED) is 0.708. The molecule has 2 aromatic heterocycles. The molecule has 1 atom stereocenters. The first-order chi connectivity index (χ1) is 10.9. The number of nitrogens with zero attached hydrogens (tertiary/aromatic N) is 5. The standard InChI is InChI=1S/C16H19N5O2/c1-18(2)14(11-8-6-5-7-9-11)21-10-17-13-12(21)15(22)20(4)16(23)19(13)3/h5-10,14H,1-4H3. The van der Waals surface area contributed by atoms with Crippen molar-refractivity contribution in [3.05, 3.63) is 63.1 Å². The molecule has 7 heteroatoms. The third-order valence-corrected chi connectivity index (χ3v) is 4.02. The number of aromatic nitrogens is 4. The van der Waals surface area contributed by atoms with Gasteiger partial charge in [0, 0.05) is 14.1 Å². The van der Waals surface area contributed by atoms with Crippen LogP contribution in [0.25, 0.3) is 11.2 Å². The van der Waals surface area contributed by atoms with E-state index >= 15 is 0 Å². The molecular formula is C16H19N5O2. The molecule has 3 aromatic rings. The zero-order chi connectivity index (χ0) is 16.7. The maximum absolute atomic E-state index is 12.6. The third kappa shape index (κ3) is 2.29. The van der Waals surface area contributed by atoms with Crippen LogP contribution in [0.1, 0.15) is 11.7 Å². The lowest BCUT2D eigenvalue weighted by Crippen LogP contribution is -2.38. The summed E-state index contributed by atoms with van der Waals surface area (Å²) < 4.78 is 4.32. The van der Waals surface area contributed by atoms with Gasteiger partial charge in [0.05, 0.1) is 6.33 Å². The van der Waals surface area contributed by atoms with Crippen molar-refractivity contribution < 1.29 is 0 Å². The fourth-order valence-corrected chi connectivity index (χ4v) is 2.88. The second-order valence-corrected chi connectivity index (χ2v) is 5.78. The van der Waals surface area contributed by atoms with Crippen molar-refractivity contribution in [1.29, 1.82) is 0 Å². The summed E-state index contributed by atoms with van der Waals surface area (Å²) in [6.45, 7) is 0. The highest BCUT2D eigenvalue weighted by molar-refractivity contribution is 5.70. The Bertz CT molecular complexity index is 966. The average molecular weight is 313 g/mol. The number of hydrogen-bond acceptors (Lipinski definition) is 4. The molecule has 1 aromatic carbocycles. The minimum Gasteiger partial charge on any atom is -0.304 e. The fourth-order valence-electron chi connectivity index (χ4n) is 2.88. The van der Waals surface area contributed by atoms with Crippen LogP contribution in [-0.4, -0.2) is 37.7 Å². The molecule has 0 amide bonds. The van der Waals surface area contributed by atoms with E-state index in [2.05, 4.69) is 4.98 Å². The lowest BCUT2D eigenvalue weighted by atomic mass is 10.1. The van der Waals surface area contributed by atoms with E-state index in [4.69, 9.17) is 0 Å². The van der Waals surface area contributed by atoms with Crippen molar-refractivity contribution in [2.24, 2.45) is 14.1 Å². The number of imidazole rings is 1. The van der Waals surface area contributed by atoms with Gasteiger partial charge >= 0.3 is 5.69 Å². The molecule has 0 aliphatic heterocycles. The van der Waals surface area contributed by atoms with E-state index in [1.807, 2.05) is 53.9 Å². The Morgan fingerprint density at radius 3 is 2.30 bits per heavy atom. The second-order valence-electron chi connectivity index (χ2n) is 5.78. The molecule has 0 spiro atoms. The first-order valence-electron chi connectivity index (χ1n) is 7.27. The number of hydrogen-bond donors (Lipinski definition) is 0. The van der Waals surface area contributed by atoms with Gasteiger partial charge in [-0.2, -0.15) is 0 Å². The molecule has 0 saturated carbocycles. The zero-order valence-corrected chi connectivity index (χ0v) is 13.6. The number of rotatable bonds is 3. The van der Waals surface area contributed by atoms with Crippen molar-refractivity contribution in [1.82, 2.24) is 23.6 Å². The van der Waals surface area contributed by atoms with E-state index in [1.165, 1.54) is 11.6 Å². The van der Waals surface area contributed by atoms with Gasteiger partial charge < -0.3 is 4.57 Å². The summed E-state index contributed by atoms with van der Waals surface area (Å²) in [5, 5.41) is 0. The normalized spacial score (nSPS) is 12.9. The fraction of sp³-hybridized carbons (Fsp3) is 0.312. The van der Waals surface area contributed by atoms with Crippen molar-refractivity contribution in [3.63, 3.8) is 0 Å². The Morgan fingerprint density at radius 2 is 1.70 bits per heavy atom. The Kier molecular flexibility index (Phi) is 3.65. The van der Waals surface area contributed by atoms with Gasteiger partial charge in [0.2, 0.25) is 0 Å². The predicted octanol–water partition coefficient (Wildman–Crippen LogP) is 0.542. The second kappa shape index (κ2) is 5.51. The molecular weight excluding hydrogens is 294 g/mol. The van der Waals surface area contributed by atoms with Gasteiger partial charge in [-0.1, -0.05) is 30.3 Å². The molecule has 7 nitrogen and oxygen atoms in total. The van der Waals surface area contributed by atoms with Gasteiger partial charge in [0.1, 0.15) is 6.17 Å². The summed E-state index contributed by atoms with van der Waals surface area (Å²) in [6.07, 6.45) is 1.43. The first-order valence-corrected chi connectivity index (χ1v) is 7.27. The summed E-state index contributed by atoms with van der Waals surface area (Å²) >= 11 is 0. The molecule has 0 aliphatic carbocycles. The smallest absolute Gasteiger partial charge is 0.304 e. The van der Waals surface area contributed by atoms with Crippen LogP contribution in [0.5, 0.6) is 0 Å². The van der Waals surface area contributed by atoms with E-state index in [9.17, 15) is 9.59 Å². The molecule has 0 bridgehead atoms. The molecule has 0 radical (unpaired) electrons. The molecule has 120 valence electrons.